The highest BCUT2D eigenvalue weighted by atomic mass is 32.2. The first-order chi connectivity index (χ1) is 15.6. The van der Waals surface area contributed by atoms with Gasteiger partial charge in [0.25, 0.3) is 0 Å². The van der Waals surface area contributed by atoms with E-state index in [1.807, 2.05) is 67.6 Å². The van der Waals surface area contributed by atoms with Crippen molar-refractivity contribution in [3.63, 3.8) is 0 Å². The van der Waals surface area contributed by atoms with Crippen molar-refractivity contribution in [3.8, 4) is 17.1 Å². The molecular formula is C26H21N3O2S. The van der Waals surface area contributed by atoms with Crippen molar-refractivity contribution >= 4 is 22.7 Å². The SMILES string of the molecule is Cc1cccc(-c2nnc(SCc3cc(=O)oc4cc(C)ccc34)n2-c2ccccc2)c1. The topological polar surface area (TPSA) is 60.9 Å². The fourth-order valence-electron chi connectivity index (χ4n) is 3.74. The maximum Gasteiger partial charge on any atom is 0.336 e. The monoisotopic (exact) mass is 439 g/mol. The Morgan fingerprint density at radius 1 is 0.875 bits per heavy atom. The van der Waals surface area contributed by atoms with Crippen molar-refractivity contribution in [2.45, 2.75) is 24.8 Å². The molecule has 3 aromatic carbocycles. The second-order valence-electron chi connectivity index (χ2n) is 7.73. The summed E-state index contributed by atoms with van der Waals surface area (Å²) in [6, 6.07) is 25.8. The third-order valence-corrected chi connectivity index (χ3v) is 6.24. The molecule has 0 fully saturated rings. The average Bonchev–Trinajstić information content (AvgIpc) is 3.21. The third kappa shape index (κ3) is 3.97. The van der Waals surface area contributed by atoms with Gasteiger partial charge in [-0.25, -0.2) is 4.79 Å². The van der Waals surface area contributed by atoms with Crippen LogP contribution in [0.2, 0.25) is 0 Å². The fraction of sp³-hybridized carbons (Fsp3) is 0.115. The van der Waals surface area contributed by atoms with Gasteiger partial charge in [-0.1, -0.05) is 65.9 Å². The third-order valence-electron chi connectivity index (χ3n) is 5.27. The first-order valence-electron chi connectivity index (χ1n) is 10.3. The molecule has 0 saturated carbocycles. The molecule has 5 nitrogen and oxygen atoms in total. The predicted molar refractivity (Wildman–Crippen MR) is 128 cm³/mol. The molecule has 158 valence electrons. The van der Waals surface area contributed by atoms with Crippen LogP contribution in [-0.4, -0.2) is 14.8 Å². The molecule has 0 bridgehead atoms. The van der Waals surface area contributed by atoms with Crippen LogP contribution in [0.1, 0.15) is 16.7 Å². The summed E-state index contributed by atoms with van der Waals surface area (Å²) < 4.78 is 7.47. The van der Waals surface area contributed by atoms with Crippen LogP contribution in [0.3, 0.4) is 0 Å². The van der Waals surface area contributed by atoms with Crippen LogP contribution < -0.4 is 5.63 Å². The molecule has 32 heavy (non-hydrogen) atoms. The number of hydrogen-bond acceptors (Lipinski definition) is 5. The van der Waals surface area contributed by atoms with Gasteiger partial charge in [-0.2, -0.15) is 0 Å². The highest BCUT2D eigenvalue weighted by Gasteiger charge is 2.17. The summed E-state index contributed by atoms with van der Waals surface area (Å²) >= 11 is 1.55. The Morgan fingerprint density at radius 2 is 1.69 bits per heavy atom. The molecule has 0 atom stereocenters. The van der Waals surface area contributed by atoms with Crippen LogP contribution in [0, 0.1) is 13.8 Å². The largest absolute Gasteiger partial charge is 0.423 e. The molecule has 0 amide bonds. The van der Waals surface area contributed by atoms with Gasteiger partial charge in [0.2, 0.25) is 0 Å². The number of thioether (sulfide) groups is 1. The Kier molecular flexibility index (Phi) is 5.37. The minimum atomic E-state index is -0.344. The minimum absolute atomic E-state index is 0.344. The molecule has 0 saturated heterocycles. The maximum absolute atomic E-state index is 12.1. The standard InChI is InChI=1S/C26H21N3O2S/c1-17-7-6-8-19(13-17)25-27-28-26(29(25)21-9-4-3-5-10-21)32-16-20-15-24(30)31-23-14-18(2)11-12-22(20)23/h3-15H,16H2,1-2H3. The van der Waals surface area contributed by atoms with Crippen LogP contribution in [0.5, 0.6) is 0 Å². The average molecular weight is 440 g/mol. The summed E-state index contributed by atoms with van der Waals surface area (Å²) in [6.45, 7) is 4.05. The lowest BCUT2D eigenvalue weighted by molar-refractivity contribution is 0.559. The van der Waals surface area contributed by atoms with Crippen molar-refractivity contribution < 1.29 is 4.42 Å². The second kappa shape index (κ2) is 8.48. The lowest BCUT2D eigenvalue weighted by Crippen LogP contribution is -2.02. The second-order valence-corrected chi connectivity index (χ2v) is 8.67. The number of rotatable bonds is 5. The number of benzene rings is 3. The normalized spacial score (nSPS) is 11.2. The van der Waals surface area contributed by atoms with E-state index in [0.717, 1.165) is 44.3 Å². The number of aromatic nitrogens is 3. The fourth-order valence-corrected chi connectivity index (χ4v) is 4.69. The number of para-hydroxylation sites is 1. The summed E-state index contributed by atoms with van der Waals surface area (Å²) in [6.07, 6.45) is 0. The van der Waals surface area contributed by atoms with E-state index in [0.29, 0.717) is 11.3 Å². The molecule has 6 heteroatoms. The summed E-state index contributed by atoms with van der Waals surface area (Å²) in [4.78, 5) is 12.1. The van der Waals surface area contributed by atoms with Crippen molar-refractivity contribution in [3.05, 3.63) is 106 Å². The van der Waals surface area contributed by atoms with Gasteiger partial charge in [-0.15, -0.1) is 10.2 Å². The summed E-state index contributed by atoms with van der Waals surface area (Å²) in [5, 5.41) is 10.7. The van der Waals surface area contributed by atoms with Gasteiger partial charge in [-0.05, 0) is 49.2 Å². The van der Waals surface area contributed by atoms with E-state index in [1.54, 1.807) is 17.8 Å². The molecule has 0 aliphatic rings. The number of fused-ring (bicyclic) bond motifs is 1. The minimum Gasteiger partial charge on any atom is -0.423 e. The van der Waals surface area contributed by atoms with Gasteiger partial charge >= 0.3 is 5.63 Å². The molecule has 0 spiro atoms. The lowest BCUT2D eigenvalue weighted by atomic mass is 10.1. The van der Waals surface area contributed by atoms with E-state index < -0.39 is 0 Å². The molecule has 0 radical (unpaired) electrons. The van der Waals surface area contributed by atoms with Gasteiger partial charge in [0.1, 0.15) is 5.58 Å². The highest BCUT2D eigenvalue weighted by Crippen LogP contribution is 2.31. The van der Waals surface area contributed by atoms with E-state index in [9.17, 15) is 4.79 Å². The van der Waals surface area contributed by atoms with Crippen molar-refractivity contribution in [2.24, 2.45) is 0 Å². The quantitative estimate of drug-likeness (QED) is 0.250. The Labute approximate surface area is 189 Å². The molecule has 0 aliphatic carbocycles. The predicted octanol–water partition coefficient (Wildman–Crippen LogP) is 5.95. The van der Waals surface area contributed by atoms with Gasteiger partial charge in [0, 0.05) is 28.5 Å². The van der Waals surface area contributed by atoms with Gasteiger partial charge in [-0.3, -0.25) is 4.57 Å². The molecule has 2 heterocycles. The molecule has 2 aromatic heterocycles. The maximum atomic E-state index is 12.1. The van der Waals surface area contributed by atoms with Crippen molar-refractivity contribution in [1.29, 1.82) is 0 Å². The van der Waals surface area contributed by atoms with Crippen LogP contribution in [-0.2, 0) is 5.75 Å². The van der Waals surface area contributed by atoms with Gasteiger partial charge in [0.05, 0.1) is 0 Å². The van der Waals surface area contributed by atoms with Gasteiger partial charge < -0.3 is 4.42 Å². The number of aryl methyl sites for hydroxylation is 2. The van der Waals surface area contributed by atoms with Crippen LogP contribution >= 0.6 is 11.8 Å². The molecular weight excluding hydrogens is 418 g/mol. The molecule has 0 N–H and O–H groups in total. The smallest absolute Gasteiger partial charge is 0.336 e. The first kappa shape index (κ1) is 20.3. The van der Waals surface area contributed by atoms with Crippen LogP contribution in [0.15, 0.2) is 93.2 Å². The molecule has 0 aliphatic heterocycles. The van der Waals surface area contributed by atoms with Gasteiger partial charge in [0.15, 0.2) is 11.0 Å². The molecule has 5 aromatic rings. The van der Waals surface area contributed by atoms with Crippen LogP contribution in [0.4, 0.5) is 0 Å². The zero-order chi connectivity index (χ0) is 22.1. The zero-order valence-corrected chi connectivity index (χ0v) is 18.6. The Balaban J connectivity index is 1.57. The first-order valence-corrected chi connectivity index (χ1v) is 11.3. The Bertz CT molecular complexity index is 1470. The van der Waals surface area contributed by atoms with Crippen LogP contribution in [0.25, 0.3) is 28.0 Å². The Hall–Kier alpha value is -3.64. The van der Waals surface area contributed by atoms with E-state index in [2.05, 4.69) is 33.8 Å². The van der Waals surface area contributed by atoms with Crippen molar-refractivity contribution in [2.75, 3.05) is 0 Å². The molecule has 0 unspecified atom stereocenters. The van der Waals surface area contributed by atoms with E-state index >= 15 is 0 Å². The highest BCUT2D eigenvalue weighted by molar-refractivity contribution is 7.98. The Morgan fingerprint density at radius 3 is 2.50 bits per heavy atom. The number of nitrogens with zero attached hydrogens (tertiary/aromatic N) is 3. The van der Waals surface area contributed by atoms with E-state index in [4.69, 9.17) is 4.42 Å². The number of hydrogen-bond donors (Lipinski definition) is 0. The zero-order valence-electron chi connectivity index (χ0n) is 17.8. The molecule has 5 rings (SSSR count). The van der Waals surface area contributed by atoms with E-state index in [-0.39, 0.29) is 5.63 Å². The summed E-state index contributed by atoms with van der Waals surface area (Å²) in [5.41, 5.74) is 5.40. The van der Waals surface area contributed by atoms with Crippen molar-refractivity contribution in [1.82, 2.24) is 14.8 Å². The lowest BCUT2D eigenvalue weighted by Gasteiger charge is -2.11. The van der Waals surface area contributed by atoms with E-state index in [1.165, 1.54) is 0 Å². The summed E-state index contributed by atoms with van der Waals surface area (Å²) in [5.74, 6) is 1.36. The summed E-state index contributed by atoms with van der Waals surface area (Å²) in [7, 11) is 0.